The number of nitrogens with zero attached hydrogens (tertiary/aromatic N) is 2. The number of unbranched alkanes of at least 4 members (excludes halogenated alkanes) is 1. The molecule has 162 valence electrons. The Morgan fingerprint density at radius 1 is 1.27 bits per heavy atom. The summed E-state index contributed by atoms with van der Waals surface area (Å²) in [5.41, 5.74) is -0.680. The van der Waals surface area contributed by atoms with Crippen LogP contribution in [-0.2, 0) is 16.1 Å². The highest BCUT2D eigenvalue weighted by Crippen LogP contribution is 2.25. The lowest BCUT2D eigenvalue weighted by molar-refractivity contribution is -0.143. The number of hydrogen-bond acceptors (Lipinski definition) is 6. The standard InChI is InChI=1S/C21H27N3O6/c1-4-6-8-13(3)19-22-16(11-24(19)12-17(26)30-5-2)23-20(27)14-9-7-10-15(25)18(14)21(28)29/h7,9-11,13,25H,4-6,8,12H2,1-3H3,(H,23,27)(H,28,29). The summed E-state index contributed by atoms with van der Waals surface area (Å²) in [6.07, 6.45) is 4.39. The van der Waals surface area contributed by atoms with E-state index in [0.717, 1.165) is 19.3 Å². The fraction of sp³-hybridized carbons (Fsp3) is 0.429. The minimum absolute atomic E-state index is 0.0420. The number of anilines is 1. The van der Waals surface area contributed by atoms with Gasteiger partial charge < -0.3 is 24.8 Å². The molecule has 0 radical (unpaired) electrons. The van der Waals surface area contributed by atoms with E-state index in [1.165, 1.54) is 24.4 Å². The number of amides is 1. The number of nitrogens with one attached hydrogen (secondary N) is 1. The second-order valence-electron chi connectivity index (χ2n) is 6.92. The van der Waals surface area contributed by atoms with Crippen LogP contribution in [0.25, 0.3) is 0 Å². The van der Waals surface area contributed by atoms with Crippen molar-refractivity contribution in [3.8, 4) is 5.75 Å². The Labute approximate surface area is 174 Å². The molecule has 0 aliphatic heterocycles. The van der Waals surface area contributed by atoms with Crippen LogP contribution < -0.4 is 5.32 Å². The molecule has 1 unspecified atom stereocenters. The number of hydrogen-bond donors (Lipinski definition) is 3. The van der Waals surface area contributed by atoms with Crippen molar-refractivity contribution in [1.29, 1.82) is 0 Å². The van der Waals surface area contributed by atoms with E-state index >= 15 is 0 Å². The van der Waals surface area contributed by atoms with Gasteiger partial charge in [0.2, 0.25) is 0 Å². The van der Waals surface area contributed by atoms with Crippen molar-refractivity contribution in [3.05, 3.63) is 41.3 Å². The smallest absolute Gasteiger partial charge is 0.340 e. The lowest BCUT2D eigenvalue weighted by atomic mass is 10.0. The van der Waals surface area contributed by atoms with Crippen LogP contribution in [0.5, 0.6) is 5.75 Å². The first-order valence-electron chi connectivity index (χ1n) is 9.87. The summed E-state index contributed by atoms with van der Waals surface area (Å²) in [6, 6.07) is 3.88. The Morgan fingerprint density at radius 3 is 2.63 bits per heavy atom. The number of carbonyl (C=O) groups excluding carboxylic acids is 2. The van der Waals surface area contributed by atoms with Gasteiger partial charge in [-0.15, -0.1) is 0 Å². The van der Waals surface area contributed by atoms with Crippen molar-refractivity contribution >= 4 is 23.7 Å². The van der Waals surface area contributed by atoms with E-state index in [1.54, 1.807) is 11.5 Å². The van der Waals surface area contributed by atoms with Crippen molar-refractivity contribution in [2.75, 3.05) is 11.9 Å². The molecule has 2 rings (SSSR count). The fourth-order valence-electron chi connectivity index (χ4n) is 3.13. The van der Waals surface area contributed by atoms with Crippen LogP contribution in [0.4, 0.5) is 5.82 Å². The maximum atomic E-state index is 12.7. The van der Waals surface area contributed by atoms with Crippen LogP contribution in [0, 0.1) is 0 Å². The number of carboxylic acids is 1. The summed E-state index contributed by atoms with van der Waals surface area (Å²) in [4.78, 5) is 40.5. The number of aromatic nitrogens is 2. The topological polar surface area (TPSA) is 131 Å². The lowest BCUT2D eigenvalue weighted by Crippen LogP contribution is -2.17. The highest BCUT2D eigenvalue weighted by molar-refractivity contribution is 6.11. The maximum absolute atomic E-state index is 12.7. The molecule has 1 aromatic heterocycles. The van der Waals surface area contributed by atoms with E-state index in [0.29, 0.717) is 5.82 Å². The van der Waals surface area contributed by atoms with E-state index < -0.39 is 29.2 Å². The molecule has 3 N–H and O–H groups in total. The first-order chi connectivity index (χ1) is 14.3. The molecule has 9 nitrogen and oxygen atoms in total. The van der Waals surface area contributed by atoms with Crippen LogP contribution in [0.2, 0.25) is 0 Å². The Bertz CT molecular complexity index is 921. The summed E-state index contributed by atoms with van der Waals surface area (Å²) in [6.45, 7) is 6.00. The van der Waals surface area contributed by atoms with Crippen LogP contribution in [0.1, 0.15) is 72.5 Å². The zero-order valence-electron chi connectivity index (χ0n) is 17.3. The molecule has 0 spiro atoms. The molecule has 2 aromatic rings. The number of aromatic carboxylic acids is 1. The van der Waals surface area contributed by atoms with Crippen molar-refractivity contribution in [1.82, 2.24) is 9.55 Å². The summed E-state index contributed by atoms with van der Waals surface area (Å²) >= 11 is 0. The molecule has 1 atom stereocenters. The normalized spacial score (nSPS) is 11.7. The van der Waals surface area contributed by atoms with E-state index in [4.69, 9.17) is 4.74 Å². The van der Waals surface area contributed by atoms with Gasteiger partial charge >= 0.3 is 11.9 Å². The first-order valence-corrected chi connectivity index (χ1v) is 9.87. The monoisotopic (exact) mass is 417 g/mol. The molecule has 1 aromatic carbocycles. The van der Waals surface area contributed by atoms with Gasteiger partial charge in [-0.1, -0.05) is 32.8 Å². The van der Waals surface area contributed by atoms with Gasteiger partial charge in [-0.2, -0.15) is 0 Å². The van der Waals surface area contributed by atoms with Gasteiger partial charge in [0.1, 0.15) is 23.7 Å². The highest BCUT2D eigenvalue weighted by atomic mass is 16.5. The van der Waals surface area contributed by atoms with Gasteiger partial charge in [-0.05, 0) is 25.5 Å². The summed E-state index contributed by atoms with van der Waals surface area (Å²) in [7, 11) is 0. The third-order valence-corrected chi connectivity index (χ3v) is 4.59. The molecule has 0 aliphatic rings. The molecule has 9 heteroatoms. The number of benzene rings is 1. The minimum Gasteiger partial charge on any atom is -0.507 e. The van der Waals surface area contributed by atoms with Gasteiger partial charge in [0.25, 0.3) is 5.91 Å². The second kappa shape index (κ2) is 10.4. The molecule has 0 aliphatic carbocycles. The van der Waals surface area contributed by atoms with Crippen LogP contribution >= 0.6 is 0 Å². The quantitative estimate of drug-likeness (QED) is 0.505. The SMILES string of the molecule is CCCCC(C)c1nc(NC(=O)c2cccc(O)c2C(=O)O)cn1CC(=O)OCC. The van der Waals surface area contributed by atoms with E-state index in [9.17, 15) is 24.6 Å². The molecular weight excluding hydrogens is 390 g/mol. The molecule has 1 heterocycles. The number of carboxylic acid groups (broad SMARTS) is 1. The summed E-state index contributed by atoms with van der Waals surface area (Å²) < 4.78 is 6.64. The number of aromatic hydroxyl groups is 1. The maximum Gasteiger partial charge on any atom is 0.340 e. The number of esters is 1. The fourth-order valence-corrected chi connectivity index (χ4v) is 3.13. The Kier molecular flexibility index (Phi) is 7.97. The largest absolute Gasteiger partial charge is 0.507 e. The van der Waals surface area contributed by atoms with E-state index in [2.05, 4.69) is 17.2 Å². The summed E-state index contributed by atoms with van der Waals surface area (Å²) in [5.74, 6) is -2.21. The minimum atomic E-state index is -1.42. The van der Waals surface area contributed by atoms with Gasteiger partial charge in [0.05, 0.1) is 12.2 Å². The van der Waals surface area contributed by atoms with Gasteiger partial charge in [-0.3, -0.25) is 9.59 Å². The van der Waals surface area contributed by atoms with Crippen molar-refractivity contribution < 1.29 is 29.3 Å². The average molecular weight is 417 g/mol. The van der Waals surface area contributed by atoms with Gasteiger partial charge in [0, 0.05) is 12.1 Å². The Hall–Kier alpha value is -3.36. The zero-order chi connectivity index (χ0) is 22.3. The van der Waals surface area contributed by atoms with Crippen LogP contribution in [0.15, 0.2) is 24.4 Å². The van der Waals surface area contributed by atoms with Crippen LogP contribution in [-0.4, -0.2) is 44.2 Å². The number of ether oxygens (including phenoxy) is 1. The van der Waals surface area contributed by atoms with Crippen LogP contribution in [0.3, 0.4) is 0 Å². The second-order valence-corrected chi connectivity index (χ2v) is 6.92. The molecule has 0 saturated carbocycles. The number of imidazole rings is 1. The third-order valence-electron chi connectivity index (χ3n) is 4.59. The molecule has 30 heavy (non-hydrogen) atoms. The average Bonchev–Trinajstić information content (AvgIpc) is 3.07. The van der Waals surface area contributed by atoms with Crippen molar-refractivity contribution in [2.45, 2.75) is 52.5 Å². The first kappa shape index (κ1) is 22.9. The Morgan fingerprint density at radius 2 is 2.00 bits per heavy atom. The predicted molar refractivity (Wildman–Crippen MR) is 110 cm³/mol. The molecule has 0 saturated heterocycles. The molecule has 0 fully saturated rings. The third kappa shape index (κ3) is 5.59. The molecule has 1 amide bonds. The number of rotatable bonds is 10. The highest BCUT2D eigenvalue weighted by Gasteiger charge is 2.23. The predicted octanol–water partition coefficient (Wildman–Crippen LogP) is 3.40. The number of carbonyl (C=O) groups is 3. The molecular formula is C21H27N3O6. The van der Waals surface area contributed by atoms with Crippen molar-refractivity contribution in [3.63, 3.8) is 0 Å². The van der Waals surface area contributed by atoms with E-state index in [1.807, 2.05) is 6.92 Å². The summed E-state index contributed by atoms with van der Waals surface area (Å²) in [5, 5.41) is 21.7. The van der Waals surface area contributed by atoms with Crippen molar-refractivity contribution in [2.24, 2.45) is 0 Å². The van der Waals surface area contributed by atoms with E-state index in [-0.39, 0.29) is 30.5 Å². The zero-order valence-corrected chi connectivity index (χ0v) is 17.3. The Balaban J connectivity index is 2.32. The molecule has 0 bridgehead atoms. The van der Waals surface area contributed by atoms with Gasteiger partial charge in [0.15, 0.2) is 5.82 Å². The number of phenols is 1. The van der Waals surface area contributed by atoms with Gasteiger partial charge in [-0.25, -0.2) is 9.78 Å². The lowest BCUT2D eigenvalue weighted by Gasteiger charge is -2.12.